The largest absolute Gasteiger partial charge is 0.493 e. The second-order valence-electron chi connectivity index (χ2n) is 5.97. The zero-order valence-corrected chi connectivity index (χ0v) is 16.7. The number of hydrazone groups is 1. The molecule has 0 amide bonds. The maximum Gasteiger partial charge on any atom is 0.263 e. The normalized spacial score (nSPS) is 11.0. The van der Waals surface area contributed by atoms with Gasteiger partial charge in [0.05, 0.1) is 18.3 Å². The Morgan fingerprint density at radius 2 is 2.07 bits per heavy atom. The zero-order valence-electron chi connectivity index (χ0n) is 15.9. The molecule has 3 aromatic rings. The summed E-state index contributed by atoms with van der Waals surface area (Å²) in [5, 5.41) is 12.3. The van der Waals surface area contributed by atoms with Gasteiger partial charge in [-0.3, -0.25) is 0 Å². The maximum absolute atomic E-state index is 13.1. The minimum Gasteiger partial charge on any atom is -0.493 e. The van der Waals surface area contributed by atoms with E-state index in [1.807, 2.05) is 6.92 Å². The molecule has 0 unspecified atom stereocenters. The number of hydrogen-bond acceptors (Lipinski definition) is 7. The number of halogens is 2. The molecule has 1 aromatic heterocycles. The van der Waals surface area contributed by atoms with Crippen molar-refractivity contribution in [1.29, 1.82) is 0 Å². The van der Waals surface area contributed by atoms with Crippen LogP contribution in [-0.2, 0) is 13.0 Å². The third kappa shape index (κ3) is 4.94. The first kappa shape index (κ1) is 20.4. The summed E-state index contributed by atoms with van der Waals surface area (Å²) in [6.45, 7) is 2.11. The Labute approximate surface area is 172 Å². The molecule has 3 rings (SSSR count). The smallest absolute Gasteiger partial charge is 0.263 e. The predicted octanol–water partition coefficient (Wildman–Crippen LogP) is 3.38. The highest BCUT2D eigenvalue weighted by molar-refractivity contribution is 6.31. The first-order valence-electron chi connectivity index (χ1n) is 8.75. The third-order valence-electron chi connectivity index (χ3n) is 4.05. The van der Waals surface area contributed by atoms with Gasteiger partial charge in [0.15, 0.2) is 17.3 Å². The summed E-state index contributed by atoms with van der Waals surface area (Å²) in [5.41, 5.74) is 4.18. The van der Waals surface area contributed by atoms with Crippen molar-refractivity contribution in [2.24, 2.45) is 5.10 Å². The molecule has 0 bridgehead atoms. The van der Waals surface area contributed by atoms with Crippen molar-refractivity contribution in [2.75, 3.05) is 18.4 Å². The number of benzene rings is 2. The van der Waals surface area contributed by atoms with Crippen LogP contribution >= 0.6 is 11.6 Å². The number of aryl methyl sites for hydroxylation is 1. The fourth-order valence-electron chi connectivity index (χ4n) is 2.48. The topological polar surface area (TPSA) is 99.6 Å². The molecule has 0 aliphatic rings. The lowest BCUT2D eigenvalue weighted by atomic mass is 10.2. The quantitative estimate of drug-likeness (QED) is 0.330. The molecule has 0 aliphatic heterocycles. The number of nitrogen functional groups attached to an aromatic ring is 1. The van der Waals surface area contributed by atoms with Crippen LogP contribution in [0.4, 0.5) is 10.3 Å². The monoisotopic (exact) mass is 418 g/mol. The Bertz CT molecular complexity index is 1020. The molecule has 152 valence electrons. The first-order chi connectivity index (χ1) is 14.0. The fraction of sp³-hybridized carbons (Fsp3) is 0.211. The second-order valence-corrected chi connectivity index (χ2v) is 6.38. The van der Waals surface area contributed by atoms with Crippen molar-refractivity contribution in [3.05, 3.63) is 64.2 Å². The van der Waals surface area contributed by atoms with E-state index in [0.717, 1.165) is 5.56 Å². The number of nitrogens with zero attached hydrogens (tertiary/aromatic N) is 4. The average Bonchev–Trinajstić information content (AvgIpc) is 3.07. The Morgan fingerprint density at radius 3 is 2.76 bits per heavy atom. The van der Waals surface area contributed by atoms with E-state index >= 15 is 0 Å². The molecule has 0 radical (unpaired) electrons. The van der Waals surface area contributed by atoms with Gasteiger partial charge < -0.3 is 15.3 Å². The van der Waals surface area contributed by atoms with Gasteiger partial charge in [0, 0.05) is 12.0 Å². The van der Waals surface area contributed by atoms with Crippen LogP contribution in [0.2, 0.25) is 5.02 Å². The van der Waals surface area contributed by atoms with E-state index in [1.165, 1.54) is 23.9 Å². The molecule has 29 heavy (non-hydrogen) atoms. The average molecular weight is 419 g/mol. The third-order valence-corrected chi connectivity index (χ3v) is 4.40. The molecular weight excluding hydrogens is 399 g/mol. The molecule has 10 heteroatoms. The van der Waals surface area contributed by atoms with E-state index in [1.54, 1.807) is 30.5 Å². The van der Waals surface area contributed by atoms with Crippen molar-refractivity contribution in [3.63, 3.8) is 0 Å². The number of methoxy groups -OCH3 is 1. The van der Waals surface area contributed by atoms with Gasteiger partial charge in [-0.25, -0.2) is 14.5 Å². The Morgan fingerprint density at radius 1 is 1.24 bits per heavy atom. The van der Waals surface area contributed by atoms with Crippen LogP contribution in [0.3, 0.4) is 0 Å². The molecule has 8 nitrogen and oxygen atoms in total. The van der Waals surface area contributed by atoms with Gasteiger partial charge in [0.1, 0.15) is 12.4 Å². The predicted molar refractivity (Wildman–Crippen MR) is 110 cm³/mol. The van der Waals surface area contributed by atoms with Crippen molar-refractivity contribution in [1.82, 2.24) is 14.9 Å². The number of nitrogens with one attached hydrogen (secondary N) is 1. The molecular formula is C19H20ClFN6O2. The lowest BCUT2D eigenvalue weighted by Crippen LogP contribution is -2.14. The summed E-state index contributed by atoms with van der Waals surface area (Å²) >= 11 is 6.03. The molecule has 0 spiro atoms. The van der Waals surface area contributed by atoms with E-state index in [-0.39, 0.29) is 6.61 Å². The molecule has 0 atom stereocenters. The van der Waals surface area contributed by atoms with Gasteiger partial charge >= 0.3 is 0 Å². The number of nitrogens with two attached hydrogens (primary N) is 1. The minimum absolute atomic E-state index is 0.177. The highest BCUT2D eigenvalue weighted by Gasteiger charge is 2.09. The summed E-state index contributed by atoms with van der Waals surface area (Å²) in [6.07, 6.45) is 2.25. The van der Waals surface area contributed by atoms with E-state index in [0.29, 0.717) is 40.3 Å². The van der Waals surface area contributed by atoms with Gasteiger partial charge in [-0.15, -0.1) is 10.2 Å². The summed E-state index contributed by atoms with van der Waals surface area (Å²) in [6, 6.07) is 9.47. The second kappa shape index (κ2) is 9.24. The summed E-state index contributed by atoms with van der Waals surface area (Å²) < 4.78 is 25.6. The number of anilines is 1. The van der Waals surface area contributed by atoms with Gasteiger partial charge in [-0.05, 0) is 35.9 Å². The number of hydrogen-bond donors (Lipinski definition) is 2. The van der Waals surface area contributed by atoms with Crippen LogP contribution in [0.25, 0.3) is 0 Å². The fourth-order valence-corrected chi connectivity index (χ4v) is 2.71. The van der Waals surface area contributed by atoms with Crippen molar-refractivity contribution in [3.8, 4) is 11.5 Å². The number of rotatable bonds is 8. The molecule has 0 fully saturated rings. The molecule has 0 saturated carbocycles. The zero-order chi connectivity index (χ0) is 20.8. The van der Waals surface area contributed by atoms with Crippen molar-refractivity contribution in [2.45, 2.75) is 20.0 Å². The maximum atomic E-state index is 13.1. The molecule has 2 aromatic carbocycles. The Kier molecular flexibility index (Phi) is 6.50. The van der Waals surface area contributed by atoms with Gasteiger partial charge in [0.25, 0.3) is 5.95 Å². The van der Waals surface area contributed by atoms with Crippen LogP contribution < -0.4 is 20.7 Å². The lowest BCUT2D eigenvalue weighted by molar-refractivity contribution is 0.284. The van der Waals surface area contributed by atoms with E-state index in [4.69, 9.17) is 26.9 Å². The molecule has 3 N–H and O–H groups in total. The minimum atomic E-state index is -0.396. The number of ether oxygens (including phenoxy) is 2. The standard InChI is InChI=1S/C19H20ClFN6O2/c1-3-18-24-26-19(27(18)22)25-23-10-12-4-7-16(17(8-12)28-2)29-11-13-5-6-14(21)9-15(13)20/h4-10H,3,11,22H2,1-2H3,(H,25,26). The van der Waals surface area contributed by atoms with Crippen LogP contribution in [0.1, 0.15) is 23.9 Å². The van der Waals surface area contributed by atoms with Gasteiger partial charge in [0.2, 0.25) is 0 Å². The van der Waals surface area contributed by atoms with E-state index in [2.05, 4.69) is 20.7 Å². The van der Waals surface area contributed by atoms with Crippen LogP contribution in [0.15, 0.2) is 41.5 Å². The van der Waals surface area contributed by atoms with Crippen molar-refractivity contribution >= 4 is 23.8 Å². The summed E-state index contributed by atoms with van der Waals surface area (Å²) in [7, 11) is 1.54. The Hall–Kier alpha value is -3.33. The van der Waals surface area contributed by atoms with Crippen LogP contribution in [-0.4, -0.2) is 28.2 Å². The van der Waals surface area contributed by atoms with Crippen LogP contribution in [0, 0.1) is 5.82 Å². The van der Waals surface area contributed by atoms with E-state index in [9.17, 15) is 4.39 Å². The molecule has 1 heterocycles. The van der Waals surface area contributed by atoms with Gasteiger partial charge in [-0.1, -0.05) is 24.6 Å². The first-order valence-corrected chi connectivity index (χ1v) is 9.12. The van der Waals surface area contributed by atoms with E-state index < -0.39 is 5.82 Å². The lowest BCUT2D eigenvalue weighted by Gasteiger charge is -2.12. The Balaban J connectivity index is 1.67. The van der Waals surface area contributed by atoms with Crippen LogP contribution in [0.5, 0.6) is 11.5 Å². The summed E-state index contributed by atoms with van der Waals surface area (Å²) in [4.78, 5) is 0. The SMILES string of the molecule is CCc1nnc(NN=Cc2ccc(OCc3ccc(F)cc3Cl)c(OC)c2)n1N. The van der Waals surface area contributed by atoms with Crippen molar-refractivity contribution < 1.29 is 13.9 Å². The van der Waals surface area contributed by atoms with Gasteiger partial charge in [-0.2, -0.15) is 5.10 Å². The molecule has 0 aliphatic carbocycles. The number of aromatic nitrogens is 3. The highest BCUT2D eigenvalue weighted by atomic mass is 35.5. The highest BCUT2D eigenvalue weighted by Crippen LogP contribution is 2.29. The molecule has 0 saturated heterocycles. The summed E-state index contributed by atoms with van der Waals surface area (Å²) in [5.74, 6) is 7.47.